The highest BCUT2D eigenvalue weighted by Crippen LogP contribution is 2.24. The first kappa shape index (κ1) is 16.0. The molecule has 2 unspecified atom stereocenters. The molecule has 5 heteroatoms. The Morgan fingerprint density at radius 1 is 1.19 bits per heavy atom. The van der Waals surface area contributed by atoms with Gasteiger partial charge in [-0.15, -0.1) is 11.6 Å². The zero-order valence-electron chi connectivity index (χ0n) is 9.98. The average molecular weight is 261 g/mol. The zero-order valence-corrected chi connectivity index (χ0v) is 10.7. The Morgan fingerprint density at radius 3 is 2.12 bits per heavy atom. The van der Waals surface area contributed by atoms with Crippen LogP contribution in [0.3, 0.4) is 0 Å². The van der Waals surface area contributed by atoms with Gasteiger partial charge < -0.3 is 4.74 Å². The van der Waals surface area contributed by atoms with Gasteiger partial charge in [0.1, 0.15) is 6.61 Å². The SMILES string of the molecule is CC(C)C(CCCOCC(F)(F)F)C(C)Cl. The lowest BCUT2D eigenvalue weighted by Gasteiger charge is -2.23. The fourth-order valence-electron chi connectivity index (χ4n) is 1.70. The highest BCUT2D eigenvalue weighted by atomic mass is 35.5. The van der Waals surface area contributed by atoms with Gasteiger partial charge in [0.25, 0.3) is 0 Å². The van der Waals surface area contributed by atoms with E-state index in [-0.39, 0.29) is 12.0 Å². The summed E-state index contributed by atoms with van der Waals surface area (Å²) >= 11 is 6.00. The fourth-order valence-corrected chi connectivity index (χ4v) is 2.12. The lowest BCUT2D eigenvalue weighted by molar-refractivity contribution is -0.174. The van der Waals surface area contributed by atoms with E-state index in [4.69, 9.17) is 11.6 Å². The van der Waals surface area contributed by atoms with E-state index in [1.807, 2.05) is 6.92 Å². The third kappa shape index (κ3) is 8.22. The van der Waals surface area contributed by atoms with Gasteiger partial charge in [-0.25, -0.2) is 0 Å². The molecule has 0 aliphatic heterocycles. The van der Waals surface area contributed by atoms with Crippen LogP contribution >= 0.6 is 11.6 Å². The Balaban J connectivity index is 3.64. The van der Waals surface area contributed by atoms with Crippen molar-refractivity contribution in [2.45, 2.75) is 45.2 Å². The number of ether oxygens (including phenoxy) is 1. The summed E-state index contributed by atoms with van der Waals surface area (Å²) < 4.78 is 39.8. The summed E-state index contributed by atoms with van der Waals surface area (Å²) in [6, 6.07) is 0. The van der Waals surface area contributed by atoms with E-state index in [9.17, 15) is 13.2 Å². The molecule has 0 fully saturated rings. The Morgan fingerprint density at radius 2 is 1.75 bits per heavy atom. The van der Waals surface area contributed by atoms with Gasteiger partial charge in [-0.1, -0.05) is 13.8 Å². The van der Waals surface area contributed by atoms with Crippen molar-refractivity contribution in [3.8, 4) is 0 Å². The summed E-state index contributed by atoms with van der Waals surface area (Å²) in [5, 5.41) is 0.0441. The molecule has 0 aromatic carbocycles. The topological polar surface area (TPSA) is 9.23 Å². The van der Waals surface area contributed by atoms with Crippen LogP contribution in [0, 0.1) is 11.8 Å². The minimum atomic E-state index is -4.22. The van der Waals surface area contributed by atoms with E-state index < -0.39 is 12.8 Å². The average Bonchev–Trinajstić information content (AvgIpc) is 2.07. The second-order valence-corrected chi connectivity index (χ2v) is 5.08. The van der Waals surface area contributed by atoms with E-state index in [2.05, 4.69) is 18.6 Å². The van der Waals surface area contributed by atoms with Gasteiger partial charge in [0.2, 0.25) is 0 Å². The summed E-state index contributed by atoms with van der Waals surface area (Å²) in [4.78, 5) is 0. The van der Waals surface area contributed by atoms with Crippen LogP contribution in [0.15, 0.2) is 0 Å². The molecule has 0 aromatic rings. The van der Waals surface area contributed by atoms with Crippen LogP contribution in [0.25, 0.3) is 0 Å². The molecule has 2 atom stereocenters. The number of rotatable bonds is 7. The molecule has 0 aromatic heterocycles. The predicted octanol–water partition coefficient (Wildman–Crippen LogP) is 4.25. The van der Waals surface area contributed by atoms with Crippen LogP contribution in [0.1, 0.15) is 33.6 Å². The Kier molecular flexibility index (Phi) is 7.40. The minimum absolute atomic E-state index is 0.0441. The fraction of sp³-hybridized carbons (Fsp3) is 1.00. The van der Waals surface area contributed by atoms with E-state index >= 15 is 0 Å². The lowest BCUT2D eigenvalue weighted by Crippen LogP contribution is -2.20. The lowest BCUT2D eigenvalue weighted by atomic mass is 9.89. The van der Waals surface area contributed by atoms with Crippen LogP contribution in [0.4, 0.5) is 13.2 Å². The van der Waals surface area contributed by atoms with Gasteiger partial charge in [0, 0.05) is 12.0 Å². The van der Waals surface area contributed by atoms with E-state index in [1.54, 1.807) is 0 Å². The minimum Gasteiger partial charge on any atom is -0.372 e. The summed E-state index contributed by atoms with van der Waals surface area (Å²) in [7, 11) is 0. The highest BCUT2D eigenvalue weighted by molar-refractivity contribution is 6.20. The molecule has 0 bridgehead atoms. The molecule has 0 saturated carbocycles. The predicted molar refractivity (Wildman–Crippen MR) is 59.8 cm³/mol. The Hall–Kier alpha value is 0.0400. The third-order valence-electron chi connectivity index (χ3n) is 2.54. The molecular formula is C11H20ClF3O. The van der Waals surface area contributed by atoms with Crippen LogP contribution in [0.5, 0.6) is 0 Å². The molecule has 1 nitrogen and oxygen atoms in total. The maximum absolute atomic E-state index is 11.8. The smallest absolute Gasteiger partial charge is 0.372 e. The zero-order chi connectivity index (χ0) is 12.8. The quantitative estimate of drug-likeness (QED) is 0.491. The molecule has 0 aliphatic rings. The van der Waals surface area contributed by atoms with Crippen molar-refractivity contribution in [1.82, 2.24) is 0 Å². The number of hydrogen-bond donors (Lipinski definition) is 0. The first-order chi connectivity index (χ1) is 7.24. The van der Waals surface area contributed by atoms with Crippen LogP contribution in [-0.4, -0.2) is 24.8 Å². The second-order valence-electron chi connectivity index (χ2n) is 4.40. The number of hydrogen-bond acceptors (Lipinski definition) is 1. The molecule has 98 valence electrons. The molecule has 0 spiro atoms. The van der Waals surface area contributed by atoms with E-state index in [0.717, 1.165) is 6.42 Å². The normalized spacial score (nSPS) is 16.5. The van der Waals surface area contributed by atoms with Gasteiger partial charge in [-0.05, 0) is 31.6 Å². The maximum atomic E-state index is 11.8. The second kappa shape index (κ2) is 7.38. The monoisotopic (exact) mass is 260 g/mol. The van der Waals surface area contributed by atoms with E-state index in [1.165, 1.54) is 0 Å². The van der Waals surface area contributed by atoms with Crippen LogP contribution in [-0.2, 0) is 4.74 Å². The van der Waals surface area contributed by atoms with Crippen molar-refractivity contribution in [2.24, 2.45) is 11.8 Å². The molecular weight excluding hydrogens is 241 g/mol. The third-order valence-corrected chi connectivity index (χ3v) is 2.86. The maximum Gasteiger partial charge on any atom is 0.411 e. The van der Waals surface area contributed by atoms with Crippen LogP contribution < -0.4 is 0 Å². The van der Waals surface area contributed by atoms with Crippen molar-refractivity contribution in [1.29, 1.82) is 0 Å². The molecule has 0 rings (SSSR count). The first-order valence-electron chi connectivity index (χ1n) is 5.52. The molecule has 0 radical (unpaired) electrons. The van der Waals surface area contributed by atoms with Gasteiger partial charge >= 0.3 is 6.18 Å². The highest BCUT2D eigenvalue weighted by Gasteiger charge is 2.27. The molecule has 0 N–H and O–H groups in total. The molecule has 0 heterocycles. The number of alkyl halides is 4. The summed E-state index contributed by atoms with van der Waals surface area (Å²) in [5.74, 6) is 0.770. The summed E-state index contributed by atoms with van der Waals surface area (Å²) in [6.45, 7) is 5.05. The van der Waals surface area contributed by atoms with Gasteiger partial charge in [-0.3, -0.25) is 0 Å². The van der Waals surface area contributed by atoms with Crippen molar-refractivity contribution in [3.05, 3.63) is 0 Å². The molecule has 16 heavy (non-hydrogen) atoms. The van der Waals surface area contributed by atoms with Crippen molar-refractivity contribution < 1.29 is 17.9 Å². The van der Waals surface area contributed by atoms with Gasteiger partial charge in [-0.2, -0.15) is 13.2 Å². The van der Waals surface area contributed by atoms with E-state index in [0.29, 0.717) is 18.3 Å². The number of halogens is 4. The first-order valence-corrected chi connectivity index (χ1v) is 5.96. The molecule has 0 amide bonds. The Bertz CT molecular complexity index is 173. The van der Waals surface area contributed by atoms with Crippen molar-refractivity contribution >= 4 is 11.6 Å². The largest absolute Gasteiger partial charge is 0.411 e. The van der Waals surface area contributed by atoms with Gasteiger partial charge in [0.05, 0.1) is 0 Å². The van der Waals surface area contributed by atoms with Crippen molar-refractivity contribution in [3.63, 3.8) is 0 Å². The van der Waals surface area contributed by atoms with Crippen molar-refractivity contribution in [2.75, 3.05) is 13.2 Å². The molecule has 0 aliphatic carbocycles. The standard InChI is InChI=1S/C11H20ClF3O/c1-8(2)10(9(3)12)5-4-6-16-7-11(13,14)15/h8-10H,4-7H2,1-3H3. The van der Waals surface area contributed by atoms with Gasteiger partial charge in [0.15, 0.2) is 0 Å². The molecule has 0 saturated heterocycles. The van der Waals surface area contributed by atoms with Crippen LogP contribution in [0.2, 0.25) is 0 Å². The Labute approximate surface area is 100 Å². The summed E-state index contributed by atoms with van der Waals surface area (Å²) in [5.41, 5.74) is 0. The summed E-state index contributed by atoms with van der Waals surface area (Å²) in [6.07, 6.45) is -2.80.